The predicted octanol–water partition coefficient (Wildman–Crippen LogP) is 2.59. The van der Waals surface area contributed by atoms with Gasteiger partial charge in [0.2, 0.25) is 6.79 Å². The van der Waals surface area contributed by atoms with E-state index in [1.54, 1.807) is 19.3 Å². The maximum Gasteiger partial charge on any atom is 0.264 e. The number of carbonyl (C=O) groups excluding carboxylic acids is 1. The molecule has 24 heavy (non-hydrogen) atoms. The number of carbonyl (C=O) groups is 1. The van der Waals surface area contributed by atoms with E-state index in [1.165, 1.54) is 12.3 Å². The summed E-state index contributed by atoms with van der Waals surface area (Å²) in [4.78, 5) is 11.8. The van der Waals surface area contributed by atoms with Crippen LogP contribution < -0.4 is 19.6 Å². The van der Waals surface area contributed by atoms with Crippen molar-refractivity contribution in [1.82, 2.24) is 5.43 Å². The first kappa shape index (κ1) is 15.6. The quantitative estimate of drug-likeness (QED) is 0.521. The Morgan fingerprint density at radius 1 is 1.21 bits per heavy atom. The number of benzene rings is 2. The number of para-hydroxylation sites is 1. The third-order valence-corrected chi connectivity index (χ3v) is 3.34. The van der Waals surface area contributed by atoms with Crippen molar-refractivity contribution in [2.75, 3.05) is 13.9 Å². The van der Waals surface area contributed by atoms with Crippen LogP contribution in [-0.4, -0.2) is 26.0 Å². The second-order valence-corrected chi connectivity index (χ2v) is 4.92. The molecule has 3 rings (SSSR count). The fraction of sp³-hybridized carbons (Fsp3) is 0.111. The van der Waals surface area contributed by atoms with Crippen molar-refractivity contribution in [2.45, 2.75) is 0 Å². The first-order valence-electron chi connectivity index (χ1n) is 7.30. The lowest BCUT2D eigenvalue weighted by molar-refractivity contribution is -0.116. The maximum atomic E-state index is 11.8. The molecule has 0 saturated carbocycles. The Bertz CT molecular complexity index is 799. The molecule has 0 aliphatic carbocycles. The second-order valence-electron chi connectivity index (χ2n) is 4.92. The summed E-state index contributed by atoms with van der Waals surface area (Å²) in [5.74, 6) is 1.73. The van der Waals surface area contributed by atoms with Gasteiger partial charge in [0.1, 0.15) is 5.75 Å². The van der Waals surface area contributed by atoms with E-state index in [0.29, 0.717) is 17.2 Å². The summed E-state index contributed by atoms with van der Waals surface area (Å²) in [5, 5.41) is 3.92. The fourth-order valence-electron chi connectivity index (χ4n) is 2.16. The molecule has 6 heteroatoms. The van der Waals surface area contributed by atoms with Gasteiger partial charge in [-0.05, 0) is 35.9 Å². The lowest BCUT2D eigenvalue weighted by Gasteiger charge is -2.02. The van der Waals surface area contributed by atoms with Crippen molar-refractivity contribution < 1.29 is 19.0 Å². The van der Waals surface area contributed by atoms with Crippen LogP contribution in [0.2, 0.25) is 0 Å². The highest BCUT2D eigenvalue weighted by Gasteiger charge is 2.12. The van der Waals surface area contributed by atoms with E-state index in [0.717, 1.165) is 11.1 Å². The zero-order valence-corrected chi connectivity index (χ0v) is 13.1. The molecule has 2 aromatic rings. The summed E-state index contributed by atoms with van der Waals surface area (Å²) in [6.07, 6.45) is 4.61. The molecule has 0 unspecified atom stereocenters. The van der Waals surface area contributed by atoms with Gasteiger partial charge in [-0.1, -0.05) is 18.2 Å². The van der Waals surface area contributed by atoms with Gasteiger partial charge < -0.3 is 14.2 Å². The zero-order valence-electron chi connectivity index (χ0n) is 13.1. The van der Waals surface area contributed by atoms with Gasteiger partial charge in [0.05, 0.1) is 13.3 Å². The first-order valence-corrected chi connectivity index (χ1v) is 7.30. The SMILES string of the molecule is COc1ccccc1C=NNC(=O)C=Cc1ccc2c(c1)OCO2. The minimum atomic E-state index is -0.334. The van der Waals surface area contributed by atoms with Crippen LogP contribution in [0, 0.1) is 0 Å². The monoisotopic (exact) mass is 324 g/mol. The molecule has 1 amide bonds. The molecule has 0 atom stereocenters. The maximum absolute atomic E-state index is 11.8. The summed E-state index contributed by atoms with van der Waals surface area (Å²) in [5.41, 5.74) is 4.05. The van der Waals surface area contributed by atoms with Gasteiger partial charge in [-0.25, -0.2) is 5.43 Å². The van der Waals surface area contributed by atoms with Gasteiger partial charge in [0.15, 0.2) is 11.5 Å². The van der Waals surface area contributed by atoms with Gasteiger partial charge >= 0.3 is 0 Å². The van der Waals surface area contributed by atoms with E-state index in [1.807, 2.05) is 36.4 Å². The van der Waals surface area contributed by atoms with Crippen molar-refractivity contribution in [1.29, 1.82) is 0 Å². The van der Waals surface area contributed by atoms with Gasteiger partial charge in [0.25, 0.3) is 5.91 Å². The van der Waals surface area contributed by atoms with E-state index in [2.05, 4.69) is 10.5 Å². The standard InChI is InChI=1S/C18H16N2O4/c1-22-15-5-3-2-4-14(15)11-19-20-18(21)9-7-13-6-8-16-17(10-13)24-12-23-16/h2-11H,12H2,1H3,(H,20,21). The number of hydrogen-bond acceptors (Lipinski definition) is 5. The van der Waals surface area contributed by atoms with Crippen LogP contribution in [0.5, 0.6) is 17.2 Å². The van der Waals surface area contributed by atoms with Gasteiger partial charge in [-0.3, -0.25) is 4.79 Å². The normalized spacial score (nSPS) is 12.7. The lowest BCUT2D eigenvalue weighted by atomic mass is 10.2. The zero-order chi connectivity index (χ0) is 16.8. The Hall–Kier alpha value is -3.28. The molecule has 1 heterocycles. The topological polar surface area (TPSA) is 69.2 Å². The smallest absolute Gasteiger partial charge is 0.264 e. The number of fused-ring (bicyclic) bond motifs is 1. The molecular formula is C18H16N2O4. The molecule has 0 saturated heterocycles. The number of ether oxygens (including phenoxy) is 3. The molecule has 1 N–H and O–H groups in total. The molecule has 1 aliphatic heterocycles. The minimum Gasteiger partial charge on any atom is -0.496 e. The van der Waals surface area contributed by atoms with Crippen LogP contribution in [0.1, 0.15) is 11.1 Å². The molecule has 6 nitrogen and oxygen atoms in total. The highest BCUT2D eigenvalue weighted by molar-refractivity contribution is 5.93. The van der Waals surface area contributed by atoms with E-state index >= 15 is 0 Å². The lowest BCUT2D eigenvalue weighted by Crippen LogP contribution is -2.14. The summed E-state index contributed by atoms with van der Waals surface area (Å²) in [6, 6.07) is 12.9. The van der Waals surface area contributed by atoms with Gasteiger partial charge in [-0.15, -0.1) is 0 Å². The third kappa shape index (κ3) is 3.73. The van der Waals surface area contributed by atoms with E-state index in [4.69, 9.17) is 14.2 Å². The molecule has 1 aliphatic rings. The van der Waals surface area contributed by atoms with Crippen LogP contribution in [0.15, 0.2) is 53.6 Å². The number of nitrogens with zero attached hydrogens (tertiary/aromatic N) is 1. The molecule has 0 radical (unpaired) electrons. The van der Waals surface area contributed by atoms with Crippen LogP contribution in [0.4, 0.5) is 0 Å². The number of rotatable bonds is 5. The third-order valence-electron chi connectivity index (χ3n) is 3.34. The summed E-state index contributed by atoms with van der Waals surface area (Å²) < 4.78 is 15.7. The number of hydrogen-bond donors (Lipinski definition) is 1. The fourth-order valence-corrected chi connectivity index (χ4v) is 2.16. The van der Waals surface area contributed by atoms with E-state index < -0.39 is 0 Å². The van der Waals surface area contributed by atoms with Crippen molar-refractivity contribution in [3.8, 4) is 17.2 Å². The van der Waals surface area contributed by atoms with Crippen molar-refractivity contribution in [2.24, 2.45) is 5.10 Å². The van der Waals surface area contributed by atoms with Crippen LogP contribution in [-0.2, 0) is 4.79 Å². The minimum absolute atomic E-state index is 0.223. The second kappa shape index (κ2) is 7.32. The molecule has 0 aromatic heterocycles. The van der Waals surface area contributed by atoms with E-state index in [9.17, 15) is 4.79 Å². The van der Waals surface area contributed by atoms with Crippen LogP contribution in [0.3, 0.4) is 0 Å². The van der Waals surface area contributed by atoms with E-state index in [-0.39, 0.29) is 12.7 Å². The van der Waals surface area contributed by atoms with Crippen LogP contribution >= 0.6 is 0 Å². The molecule has 0 spiro atoms. The average Bonchev–Trinajstić information content (AvgIpc) is 3.08. The summed E-state index contributed by atoms with van der Waals surface area (Å²) >= 11 is 0. The van der Waals surface area contributed by atoms with Crippen molar-refractivity contribution in [3.63, 3.8) is 0 Å². The number of nitrogens with one attached hydrogen (secondary N) is 1. The Morgan fingerprint density at radius 3 is 2.92 bits per heavy atom. The molecule has 0 fully saturated rings. The Labute approximate surface area is 139 Å². The van der Waals surface area contributed by atoms with Gasteiger partial charge in [-0.2, -0.15) is 5.10 Å². The average molecular weight is 324 g/mol. The highest BCUT2D eigenvalue weighted by Crippen LogP contribution is 2.32. The number of amides is 1. The molecule has 122 valence electrons. The number of methoxy groups -OCH3 is 1. The Kier molecular flexibility index (Phi) is 4.76. The van der Waals surface area contributed by atoms with Gasteiger partial charge in [0, 0.05) is 11.6 Å². The molecular weight excluding hydrogens is 308 g/mol. The molecule has 0 bridgehead atoms. The van der Waals surface area contributed by atoms with Crippen LogP contribution in [0.25, 0.3) is 6.08 Å². The van der Waals surface area contributed by atoms with Crippen molar-refractivity contribution >= 4 is 18.2 Å². The predicted molar refractivity (Wildman–Crippen MR) is 90.3 cm³/mol. The summed E-state index contributed by atoms with van der Waals surface area (Å²) in [7, 11) is 1.58. The first-order chi connectivity index (χ1) is 11.8. The van der Waals surface area contributed by atoms with Crippen molar-refractivity contribution in [3.05, 3.63) is 59.7 Å². The Balaban J connectivity index is 1.58. The largest absolute Gasteiger partial charge is 0.496 e. The highest BCUT2D eigenvalue weighted by atomic mass is 16.7. The summed E-state index contributed by atoms with van der Waals surface area (Å²) in [6.45, 7) is 0.223. The Morgan fingerprint density at radius 2 is 2.04 bits per heavy atom. The molecule has 2 aromatic carbocycles. The number of hydrazone groups is 1.